The zero-order valence-electron chi connectivity index (χ0n) is 14.8. The molecule has 0 saturated carbocycles. The summed E-state index contributed by atoms with van der Waals surface area (Å²) >= 11 is 0. The maximum absolute atomic E-state index is 13.2. The summed E-state index contributed by atoms with van der Waals surface area (Å²) < 4.78 is 30.8. The third-order valence-electron chi connectivity index (χ3n) is 3.75. The number of carbonyl (C=O) groups excluding carboxylic acids is 3. The van der Waals surface area contributed by atoms with Crippen LogP contribution in [0.15, 0.2) is 42.5 Å². The molecule has 2 amide bonds. The molecule has 2 aromatic rings. The zero-order valence-corrected chi connectivity index (χ0v) is 14.8. The van der Waals surface area contributed by atoms with E-state index in [0.717, 1.165) is 12.1 Å². The van der Waals surface area contributed by atoms with E-state index in [2.05, 4.69) is 5.32 Å². The van der Waals surface area contributed by atoms with Gasteiger partial charge in [0, 0.05) is 31.6 Å². The largest absolute Gasteiger partial charge is 0.465 e. The van der Waals surface area contributed by atoms with Gasteiger partial charge in [-0.15, -0.1) is 0 Å². The minimum atomic E-state index is -1.08. The van der Waals surface area contributed by atoms with Crippen LogP contribution in [0.1, 0.15) is 23.7 Å². The molecule has 0 radical (unpaired) electrons. The fourth-order valence-corrected chi connectivity index (χ4v) is 2.45. The number of methoxy groups -OCH3 is 1. The highest BCUT2D eigenvalue weighted by Crippen LogP contribution is 2.22. The molecule has 0 atom stereocenters. The molecular formula is C19H18F2N2O4. The van der Waals surface area contributed by atoms with E-state index in [0.29, 0.717) is 5.69 Å². The third kappa shape index (κ3) is 5.10. The van der Waals surface area contributed by atoms with E-state index >= 15 is 0 Å². The maximum atomic E-state index is 13.2. The van der Waals surface area contributed by atoms with Gasteiger partial charge in [-0.05, 0) is 24.3 Å². The van der Waals surface area contributed by atoms with Crippen molar-refractivity contribution in [3.63, 3.8) is 0 Å². The summed E-state index contributed by atoms with van der Waals surface area (Å²) in [5, 5.41) is 2.43. The molecule has 2 aromatic carbocycles. The maximum Gasteiger partial charge on any atom is 0.339 e. The van der Waals surface area contributed by atoms with Crippen LogP contribution in [0.2, 0.25) is 0 Å². The predicted octanol–water partition coefficient (Wildman–Crippen LogP) is 3.13. The van der Waals surface area contributed by atoms with E-state index < -0.39 is 23.5 Å². The molecule has 27 heavy (non-hydrogen) atoms. The number of hydrogen-bond donors (Lipinski definition) is 1. The van der Waals surface area contributed by atoms with Crippen molar-refractivity contribution in [2.75, 3.05) is 23.9 Å². The van der Waals surface area contributed by atoms with Crippen LogP contribution in [0.4, 0.5) is 20.2 Å². The topological polar surface area (TPSA) is 75.7 Å². The summed E-state index contributed by atoms with van der Waals surface area (Å²) in [7, 11) is 1.23. The number of benzene rings is 2. The third-order valence-corrected chi connectivity index (χ3v) is 3.75. The van der Waals surface area contributed by atoms with Gasteiger partial charge in [-0.2, -0.15) is 0 Å². The minimum Gasteiger partial charge on any atom is -0.465 e. The monoisotopic (exact) mass is 376 g/mol. The SMILES string of the molecule is COC(=O)c1ccccc1N(CCC(=O)Nc1ccc(F)c(F)c1)C(C)=O. The number of nitrogens with zero attached hydrogens (tertiary/aromatic N) is 1. The average molecular weight is 376 g/mol. The lowest BCUT2D eigenvalue weighted by Crippen LogP contribution is -2.33. The number of hydrogen-bond acceptors (Lipinski definition) is 4. The van der Waals surface area contributed by atoms with E-state index in [1.54, 1.807) is 18.2 Å². The zero-order chi connectivity index (χ0) is 20.0. The molecule has 0 aliphatic carbocycles. The Morgan fingerprint density at radius 2 is 1.78 bits per heavy atom. The number of ether oxygens (including phenoxy) is 1. The lowest BCUT2D eigenvalue weighted by Gasteiger charge is -2.23. The van der Waals surface area contributed by atoms with E-state index in [-0.39, 0.29) is 30.1 Å². The molecule has 0 aromatic heterocycles. The first kappa shape index (κ1) is 20.0. The Morgan fingerprint density at radius 3 is 2.41 bits per heavy atom. The molecule has 2 rings (SSSR count). The van der Waals surface area contributed by atoms with E-state index in [1.165, 1.54) is 31.1 Å². The smallest absolute Gasteiger partial charge is 0.339 e. The molecule has 0 saturated heterocycles. The minimum absolute atomic E-state index is 0.0150. The summed E-state index contributed by atoms with van der Waals surface area (Å²) in [6.07, 6.45) is -0.117. The van der Waals surface area contributed by atoms with Crippen molar-refractivity contribution in [1.29, 1.82) is 0 Å². The molecule has 0 aliphatic rings. The second-order valence-electron chi connectivity index (χ2n) is 5.61. The van der Waals surface area contributed by atoms with Crippen molar-refractivity contribution in [2.24, 2.45) is 0 Å². The van der Waals surface area contributed by atoms with Crippen molar-refractivity contribution < 1.29 is 27.9 Å². The number of rotatable bonds is 6. The van der Waals surface area contributed by atoms with Gasteiger partial charge in [0.25, 0.3) is 0 Å². The Kier molecular flexibility index (Phi) is 6.59. The number of carbonyl (C=O) groups is 3. The van der Waals surface area contributed by atoms with Crippen molar-refractivity contribution in [3.05, 3.63) is 59.7 Å². The first-order chi connectivity index (χ1) is 12.8. The Hall–Kier alpha value is -3.29. The van der Waals surface area contributed by atoms with Crippen LogP contribution in [0.25, 0.3) is 0 Å². The normalized spacial score (nSPS) is 10.2. The van der Waals surface area contributed by atoms with Crippen molar-refractivity contribution in [3.8, 4) is 0 Å². The van der Waals surface area contributed by atoms with Crippen molar-refractivity contribution in [1.82, 2.24) is 0 Å². The fraction of sp³-hybridized carbons (Fsp3) is 0.211. The van der Waals surface area contributed by atoms with Gasteiger partial charge in [0.2, 0.25) is 11.8 Å². The summed E-state index contributed by atoms with van der Waals surface area (Å²) in [4.78, 5) is 37.3. The molecular weight excluding hydrogens is 358 g/mol. The highest BCUT2D eigenvalue weighted by molar-refractivity contribution is 6.02. The van der Waals surface area contributed by atoms with Gasteiger partial charge < -0.3 is 15.0 Å². The Labute approximate surface area is 154 Å². The van der Waals surface area contributed by atoms with E-state index in [4.69, 9.17) is 4.74 Å². The second kappa shape index (κ2) is 8.88. The van der Waals surface area contributed by atoms with Crippen LogP contribution in [-0.4, -0.2) is 31.4 Å². The van der Waals surface area contributed by atoms with Crippen LogP contribution >= 0.6 is 0 Å². The van der Waals surface area contributed by atoms with Gasteiger partial charge in [-0.1, -0.05) is 12.1 Å². The molecule has 0 spiro atoms. The molecule has 6 nitrogen and oxygen atoms in total. The number of para-hydroxylation sites is 1. The van der Waals surface area contributed by atoms with Crippen molar-refractivity contribution in [2.45, 2.75) is 13.3 Å². The van der Waals surface area contributed by atoms with Gasteiger partial charge in [0.15, 0.2) is 11.6 Å². The highest BCUT2D eigenvalue weighted by Gasteiger charge is 2.20. The first-order valence-corrected chi connectivity index (χ1v) is 8.04. The summed E-state index contributed by atoms with van der Waals surface area (Å²) in [5.41, 5.74) is 0.608. The standard InChI is InChI=1S/C19H18F2N2O4/c1-12(24)23(17-6-4-3-5-14(17)19(26)27-2)10-9-18(25)22-13-7-8-15(20)16(21)11-13/h3-8,11H,9-10H2,1-2H3,(H,22,25). The van der Waals surface area contributed by atoms with Crippen molar-refractivity contribution >= 4 is 29.2 Å². The lowest BCUT2D eigenvalue weighted by atomic mass is 10.1. The van der Waals surface area contributed by atoms with E-state index in [1.807, 2.05) is 0 Å². The molecule has 0 heterocycles. The number of halogens is 2. The van der Waals surface area contributed by atoms with Crippen LogP contribution < -0.4 is 10.2 Å². The lowest BCUT2D eigenvalue weighted by molar-refractivity contribution is -0.117. The molecule has 1 N–H and O–H groups in total. The van der Waals surface area contributed by atoms with Gasteiger partial charge >= 0.3 is 5.97 Å². The predicted molar refractivity (Wildman–Crippen MR) is 95.4 cm³/mol. The number of anilines is 2. The highest BCUT2D eigenvalue weighted by atomic mass is 19.2. The molecule has 8 heteroatoms. The summed E-state index contributed by atoms with van der Waals surface area (Å²) in [6.45, 7) is 1.29. The quantitative estimate of drug-likeness (QED) is 0.786. The average Bonchev–Trinajstić information content (AvgIpc) is 2.64. The van der Waals surface area contributed by atoms with Crippen LogP contribution in [0.5, 0.6) is 0 Å². The van der Waals surface area contributed by atoms with Gasteiger partial charge in [0.05, 0.1) is 18.4 Å². The van der Waals surface area contributed by atoms with Gasteiger partial charge in [-0.3, -0.25) is 9.59 Å². The van der Waals surface area contributed by atoms with E-state index in [9.17, 15) is 23.2 Å². The number of esters is 1. The molecule has 0 bridgehead atoms. The first-order valence-electron chi connectivity index (χ1n) is 8.04. The van der Waals surface area contributed by atoms with Gasteiger partial charge in [0.1, 0.15) is 0 Å². The molecule has 142 valence electrons. The fourth-order valence-electron chi connectivity index (χ4n) is 2.45. The number of nitrogens with one attached hydrogen (secondary N) is 1. The summed E-state index contributed by atoms with van der Waals surface area (Å²) in [6, 6.07) is 9.36. The van der Waals surface area contributed by atoms with Gasteiger partial charge in [-0.25, -0.2) is 13.6 Å². The molecule has 0 aliphatic heterocycles. The Bertz CT molecular complexity index is 871. The van der Waals surface area contributed by atoms with Crippen LogP contribution in [0, 0.1) is 11.6 Å². The van der Waals surface area contributed by atoms with Crippen LogP contribution in [0.3, 0.4) is 0 Å². The summed E-state index contributed by atoms with van der Waals surface area (Å²) in [5.74, 6) is -3.57. The number of amides is 2. The van der Waals surface area contributed by atoms with Crippen LogP contribution in [-0.2, 0) is 14.3 Å². The Morgan fingerprint density at radius 1 is 1.07 bits per heavy atom. The molecule has 0 fully saturated rings. The molecule has 0 unspecified atom stereocenters. The second-order valence-corrected chi connectivity index (χ2v) is 5.61. The Balaban J connectivity index is 2.11.